The maximum absolute atomic E-state index is 11.0. The van der Waals surface area contributed by atoms with Crippen LogP contribution in [0.3, 0.4) is 0 Å². The first-order valence-corrected chi connectivity index (χ1v) is 4.02. The van der Waals surface area contributed by atoms with Crippen LogP contribution in [0, 0.1) is 0 Å². The van der Waals surface area contributed by atoms with E-state index in [1.807, 2.05) is 0 Å². The number of carbonyl (C=O) groups is 1. The quantitative estimate of drug-likeness (QED) is 0.740. The lowest BCUT2D eigenvalue weighted by atomic mass is 10.3. The third kappa shape index (κ3) is 3.40. The van der Waals surface area contributed by atoms with Gasteiger partial charge in [0.2, 0.25) is 5.91 Å². The van der Waals surface area contributed by atoms with Gasteiger partial charge in [-0.05, 0) is 12.1 Å². The molecule has 0 aliphatic carbocycles. The third-order valence-corrected chi connectivity index (χ3v) is 1.57. The van der Waals surface area contributed by atoms with Gasteiger partial charge in [-0.1, -0.05) is 11.6 Å². The zero-order valence-corrected chi connectivity index (χ0v) is 7.84. The highest BCUT2D eigenvalue weighted by molar-refractivity contribution is 6.30. The fourth-order valence-electron chi connectivity index (χ4n) is 0.825. The molecule has 0 spiro atoms. The van der Waals surface area contributed by atoms with Crippen LogP contribution in [0.1, 0.15) is 5.69 Å². The summed E-state index contributed by atoms with van der Waals surface area (Å²) in [5.74, 6) is -0.239. The maximum Gasteiger partial charge on any atom is 0.249 e. The molecule has 0 aliphatic rings. The Morgan fingerprint density at radius 1 is 1.69 bits per heavy atom. The number of hydrogen-bond donors (Lipinski definition) is 1. The first-order valence-electron chi connectivity index (χ1n) is 3.64. The molecule has 0 radical (unpaired) electrons. The lowest BCUT2D eigenvalue weighted by Gasteiger charge is -2.00. The fourth-order valence-corrected chi connectivity index (χ4v) is 0.937. The zero-order chi connectivity index (χ0) is 9.68. The monoisotopic (exact) mass is 200 g/mol. The van der Waals surface area contributed by atoms with E-state index in [1.54, 1.807) is 12.1 Å². The largest absolute Gasteiger partial charge is 0.277 e. The van der Waals surface area contributed by atoms with Crippen LogP contribution < -0.4 is 5.48 Å². The summed E-state index contributed by atoms with van der Waals surface area (Å²) in [6, 6.07) is 3.38. The van der Waals surface area contributed by atoms with Crippen molar-refractivity contribution in [3.63, 3.8) is 0 Å². The molecule has 4 nitrogen and oxygen atoms in total. The summed E-state index contributed by atoms with van der Waals surface area (Å²) in [6.07, 6.45) is 1.68. The number of halogens is 1. The van der Waals surface area contributed by atoms with Gasteiger partial charge in [0.1, 0.15) is 0 Å². The topological polar surface area (TPSA) is 51.2 Å². The first kappa shape index (κ1) is 9.95. The van der Waals surface area contributed by atoms with E-state index < -0.39 is 0 Å². The standard InChI is InChI=1S/C8H9ClN2O2/c1-13-11-8(12)4-7-3-2-6(9)5-10-7/h2-3,5H,4H2,1H3,(H,11,12). The van der Waals surface area contributed by atoms with Crippen molar-refractivity contribution in [1.29, 1.82) is 0 Å². The van der Waals surface area contributed by atoms with E-state index in [0.717, 1.165) is 0 Å². The molecule has 1 rings (SSSR count). The Morgan fingerprint density at radius 3 is 3.00 bits per heavy atom. The minimum Gasteiger partial charge on any atom is -0.277 e. The highest BCUT2D eigenvalue weighted by Gasteiger charge is 2.02. The van der Waals surface area contributed by atoms with Gasteiger partial charge in [0.05, 0.1) is 18.6 Å². The van der Waals surface area contributed by atoms with Crippen LogP contribution >= 0.6 is 11.6 Å². The van der Waals surface area contributed by atoms with Crippen LogP contribution in [0.4, 0.5) is 0 Å². The second-order valence-electron chi connectivity index (χ2n) is 2.37. The lowest BCUT2D eigenvalue weighted by molar-refractivity contribution is -0.130. The van der Waals surface area contributed by atoms with Crippen molar-refractivity contribution >= 4 is 17.5 Å². The molecule has 5 heteroatoms. The molecule has 0 aromatic carbocycles. The van der Waals surface area contributed by atoms with E-state index in [0.29, 0.717) is 10.7 Å². The zero-order valence-electron chi connectivity index (χ0n) is 7.08. The molecule has 0 atom stereocenters. The van der Waals surface area contributed by atoms with Gasteiger partial charge in [-0.25, -0.2) is 5.48 Å². The maximum atomic E-state index is 11.0. The molecular formula is C8H9ClN2O2. The summed E-state index contributed by atoms with van der Waals surface area (Å²) in [5, 5.41) is 0.552. The Labute approximate surface area is 80.8 Å². The van der Waals surface area contributed by atoms with E-state index in [4.69, 9.17) is 11.6 Å². The summed E-state index contributed by atoms with van der Waals surface area (Å²) in [5.41, 5.74) is 2.85. The van der Waals surface area contributed by atoms with E-state index >= 15 is 0 Å². The van der Waals surface area contributed by atoms with Crippen molar-refractivity contribution in [1.82, 2.24) is 10.5 Å². The number of rotatable bonds is 3. The van der Waals surface area contributed by atoms with Gasteiger partial charge in [-0.15, -0.1) is 0 Å². The highest BCUT2D eigenvalue weighted by Crippen LogP contribution is 2.06. The van der Waals surface area contributed by atoms with Crippen LogP contribution in [-0.4, -0.2) is 18.0 Å². The van der Waals surface area contributed by atoms with Crippen LogP contribution in [0.25, 0.3) is 0 Å². The van der Waals surface area contributed by atoms with Crippen LogP contribution in [-0.2, 0) is 16.1 Å². The number of pyridine rings is 1. The SMILES string of the molecule is CONC(=O)Cc1ccc(Cl)cn1. The number of nitrogens with zero attached hydrogens (tertiary/aromatic N) is 1. The predicted molar refractivity (Wildman–Crippen MR) is 48.1 cm³/mol. The predicted octanol–water partition coefficient (Wildman–Crippen LogP) is 0.955. The Morgan fingerprint density at radius 2 is 2.46 bits per heavy atom. The van der Waals surface area contributed by atoms with E-state index in [2.05, 4.69) is 15.3 Å². The van der Waals surface area contributed by atoms with Gasteiger partial charge in [-0.2, -0.15) is 0 Å². The van der Waals surface area contributed by atoms with Gasteiger partial charge in [-0.3, -0.25) is 14.6 Å². The molecule has 13 heavy (non-hydrogen) atoms. The van der Waals surface area contributed by atoms with Crippen molar-refractivity contribution in [2.45, 2.75) is 6.42 Å². The molecule has 1 heterocycles. The number of aromatic nitrogens is 1. The molecule has 70 valence electrons. The fraction of sp³-hybridized carbons (Fsp3) is 0.250. The van der Waals surface area contributed by atoms with Gasteiger partial charge < -0.3 is 0 Å². The van der Waals surface area contributed by atoms with Gasteiger partial charge in [0.25, 0.3) is 0 Å². The van der Waals surface area contributed by atoms with Crippen molar-refractivity contribution in [3.05, 3.63) is 29.0 Å². The second-order valence-corrected chi connectivity index (χ2v) is 2.81. The number of amides is 1. The van der Waals surface area contributed by atoms with Crippen LogP contribution in [0.2, 0.25) is 5.02 Å². The van der Waals surface area contributed by atoms with E-state index in [1.165, 1.54) is 13.3 Å². The number of hydrogen-bond acceptors (Lipinski definition) is 3. The van der Waals surface area contributed by atoms with Gasteiger partial charge in [0.15, 0.2) is 0 Å². The number of hydroxylamine groups is 1. The molecule has 1 aromatic heterocycles. The lowest BCUT2D eigenvalue weighted by Crippen LogP contribution is -2.23. The average Bonchev–Trinajstić information content (AvgIpc) is 2.09. The molecule has 1 amide bonds. The van der Waals surface area contributed by atoms with Crippen LogP contribution in [0.5, 0.6) is 0 Å². The third-order valence-electron chi connectivity index (χ3n) is 1.35. The summed E-state index contributed by atoms with van der Waals surface area (Å²) in [7, 11) is 1.38. The molecule has 0 bridgehead atoms. The van der Waals surface area contributed by atoms with Crippen molar-refractivity contribution < 1.29 is 9.63 Å². The Bertz CT molecular complexity index is 287. The van der Waals surface area contributed by atoms with E-state index in [-0.39, 0.29) is 12.3 Å². The van der Waals surface area contributed by atoms with Crippen molar-refractivity contribution in [2.24, 2.45) is 0 Å². The summed E-state index contributed by atoms with van der Waals surface area (Å²) in [4.78, 5) is 19.4. The number of nitrogens with one attached hydrogen (secondary N) is 1. The van der Waals surface area contributed by atoms with E-state index in [9.17, 15) is 4.79 Å². The smallest absolute Gasteiger partial charge is 0.249 e. The van der Waals surface area contributed by atoms with Gasteiger partial charge >= 0.3 is 0 Å². The normalized spacial score (nSPS) is 9.69. The minimum absolute atomic E-state index is 0.186. The Kier molecular flexibility index (Phi) is 3.67. The average molecular weight is 201 g/mol. The summed E-state index contributed by atoms with van der Waals surface area (Å²) in [6.45, 7) is 0. The highest BCUT2D eigenvalue weighted by atomic mass is 35.5. The van der Waals surface area contributed by atoms with Gasteiger partial charge in [0, 0.05) is 11.9 Å². The van der Waals surface area contributed by atoms with Crippen LogP contribution in [0.15, 0.2) is 18.3 Å². The molecule has 0 saturated heterocycles. The molecule has 1 N–H and O–H groups in total. The minimum atomic E-state index is -0.239. The van der Waals surface area contributed by atoms with Crippen molar-refractivity contribution in [2.75, 3.05) is 7.11 Å². The second kappa shape index (κ2) is 4.79. The Hall–Kier alpha value is -1.13. The van der Waals surface area contributed by atoms with Crippen molar-refractivity contribution in [3.8, 4) is 0 Å². The molecule has 0 unspecified atom stereocenters. The molecule has 1 aromatic rings. The summed E-state index contributed by atoms with van der Waals surface area (Å²) < 4.78 is 0. The molecule has 0 saturated carbocycles. The number of carbonyl (C=O) groups excluding carboxylic acids is 1. The summed E-state index contributed by atoms with van der Waals surface area (Å²) >= 11 is 5.62. The Balaban J connectivity index is 2.54. The first-order chi connectivity index (χ1) is 6.22. The molecule has 0 fully saturated rings. The molecule has 0 aliphatic heterocycles. The molecular weight excluding hydrogens is 192 g/mol.